The number of carboxylic acid groups (broad SMARTS) is 1. The lowest BCUT2D eigenvalue weighted by Gasteiger charge is -2.34. The van der Waals surface area contributed by atoms with Crippen molar-refractivity contribution in [1.29, 1.82) is 0 Å². The van der Waals surface area contributed by atoms with Gasteiger partial charge in [-0.3, -0.25) is 9.59 Å². The maximum Gasteiger partial charge on any atom is 0.314 e. The SMILES string of the molecule is O=C1CCC(C(=O)O)(c2cccc3ccccc23)CC1. The van der Waals surface area contributed by atoms with Crippen molar-refractivity contribution in [3.05, 3.63) is 48.0 Å². The Hall–Kier alpha value is -2.16. The molecular weight excluding hydrogens is 252 g/mol. The fourth-order valence-electron chi connectivity index (χ4n) is 3.20. The van der Waals surface area contributed by atoms with E-state index < -0.39 is 11.4 Å². The summed E-state index contributed by atoms with van der Waals surface area (Å²) < 4.78 is 0. The van der Waals surface area contributed by atoms with Crippen molar-refractivity contribution < 1.29 is 14.7 Å². The number of rotatable bonds is 2. The van der Waals surface area contributed by atoms with Gasteiger partial charge in [0.25, 0.3) is 0 Å². The Morgan fingerprint density at radius 3 is 2.35 bits per heavy atom. The molecule has 1 N–H and O–H groups in total. The molecule has 0 aliphatic heterocycles. The van der Waals surface area contributed by atoms with Gasteiger partial charge in [-0.1, -0.05) is 42.5 Å². The third-order valence-corrected chi connectivity index (χ3v) is 4.38. The van der Waals surface area contributed by atoms with E-state index in [1.807, 2.05) is 42.5 Å². The van der Waals surface area contributed by atoms with Crippen LogP contribution in [0.2, 0.25) is 0 Å². The zero-order valence-electron chi connectivity index (χ0n) is 11.1. The van der Waals surface area contributed by atoms with Gasteiger partial charge in [0.2, 0.25) is 0 Å². The number of carbonyl (C=O) groups excluding carboxylic acids is 1. The lowest BCUT2D eigenvalue weighted by atomic mass is 9.68. The quantitative estimate of drug-likeness (QED) is 0.909. The average Bonchev–Trinajstić information content (AvgIpc) is 2.47. The van der Waals surface area contributed by atoms with Gasteiger partial charge in [-0.05, 0) is 29.2 Å². The second-order valence-corrected chi connectivity index (χ2v) is 5.45. The molecule has 1 fully saturated rings. The summed E-state index contributed by atoms with van der Waals surface area (Å²) in [5, 5.41) is 11.8. The first-order chi connectivity index (χ1) is 9.63. The van der Waals surface area contributed by atoms with Crippen LogP contribution in [0.25, 0.3) is 10.8 Å². The molecule has 102 valence electrons. The third kappa shape index (κ3) is 1.90. The summed E-state index contributed by atoms with van der Waals surface area (Å²) in [5.41, 5.74) is -0.0787. The lowest BCUT2D eigenvalue weighted by molar-refractivity contribution is -0.146. The van der Waals surface area contributed by atoms with Crippen molar-refractivity contribution in [3.63, 3.8) is 0 Å². The summed E-state index contributed by atoms with van der Waals surface area (Å²) in [6.45, 7) is 0. The third-order valence-electron chi connectivity index (χ3n) is 4.38. The molecule has 20 heavy (non-hydrogen) atoms. The van der Waals surface area contributed by atoms with E-state index >= 15 is 0 Å². The van der Waals surface area contributed by atoms with Crippen molar-refractivity contribution in [1.82, 2.24) is 0 Å². The highest BCUT2D eigenvalue weighted by Crippen LogP contribution is 2.41. The van der Waals surface area contributed by atoms with E-state index in [9.17, 15) is 14.7 Å². The molecule has 0 spiro atoms. The zero-order chi connectivity index (χ0) is 14.2. The van der Waals surface area contributed by atoms with Crippen molar-refractivity contribution >= 4 is 22.5 Å². The van der Waals surface area contributed by atoms with Gasteiger partial charge in [-0.2, -0.15) is 0 Å². The Labute approximate surface area is 117 Å². The highest BCUT2D eigenvalue weighted by atomic mass is 16.4. The van der Waals surface area contributed by atoms with E-state index in [-0.39, 0.29) is 5.78 Å². The van der Waals surface area contributed by atoms with E-state index in [1.54, 1.807) is 0 Å². The van der Waals surface area contributed by atoms with Crippen LogP contribution in [-0.2, 0) is 15.0 Å². The van der Waals surface area contributed by atoms with Crippen LogP contribution in [0.5, 0.6) is 0 Å². The normalized spacial score (nSPS) is 18.1. The number of ketones is 1. The van der Waals surface area contributed by atoms with Crippen LogP contribution in [0.4, 0.5) is 0 Å². The fraction of sp³-hybridized carbons (Fsp3) is 0.294. The van der Waals surface area contributed by atoms with Crippen molar-refractivity contribution in [3.8, 4) is 0 Å². The molecule has 0 unspecified atom stereocenters. The predicted molar refractivity (Wildman–Crippen MR) is 76.7 cm³/mol. The van der Waals surface area contributed by atoms with Crippen LogP contribution < -0.4 is 0 Å². The topological polar surface area (TPSA) is 54.4 Å². The van der Waals surface area contributed by atoms with E-state index in [1.165, 1.54) is 0 Å². The second kappa shape index (κ2) is 4.75. The molecule has 2 aromatic rings. The number of hydrogen-bond acceptors (Lipinski definition) is 2. The molecule has 0 aromatic heterocycles. The number of benzene rings is 2. The Morgan fingerprint density at radius 1 is 1.00 bits per heavy atom. The van der Waals surface area contributed by atoms with E-state index in [0.29, 0.717) is 25.7 Å². The Balaban J connectivity index is 2.20. The van der Waals surface area contributed by atoms with Gasteiger partial charge in [-0.25, -0.2) is 0 Å². The van der Waals surface area contributed by atoms with E-state index in [0.717, 1.165) is 16.3 Å². The largest absolute Gasteiger partial charge is 0.481 e. The number of Topliss-reactive ketones (excluding diaryl/α,β-unsaturated/α-hetero) is 1. The van der Waals surface area contributed by atoms with Crippen LogP contribution in [0.1, 0.15) is 31.2 Å². The van der Waals surface area contributed by atoms with Crippen molar-refractivity contribution in [2.75, 3.05) is 0 Å². The van der Waals surface area contributed by atoms with E-state index in [4.69, 9.17) is 0 Å². The first kappa shape index (κ1) is 12.9. The highest BCUT2D eigenvalue weighted by molar-refractivity contribution is 5.95. The molecule has 3 heteroatoms. The Kier molecular flexibility index (Phi) is 3.05. The van der Waals surface area contributed by atoms with Gasteiger partial charge in [-0.15, -0.1) is 0 Å². The molecule has 0 bridgehead atoms. The molecule has 0 saturated heterocycles. The maximum absolute atomic E-state index is 11.9. The monoisotopic (exact) mass is 268 g/mol. The predicted octanol–water partition coefficient (Wildman–Crippen LogP) is 3.31. The zero-order valence-corrected chi connectivity index (χ0v) is 11.1. The molecule has 3 nitrogen and oxygen atoms in total. The maximum atomic E-state index is 11.9. The summed E-state index contributed by atoms with van der Waals surface area (Å²) in [6, 6.07) is 13.6. The molecule has 0 heterocycles. The summed E-state index contributed by atoms with van der Waals surface area (Å²) in [5.74, 6) is -0.650. The Morgan fingerprint density at radius 2 is 1.65 bits per heavy atom. The molecule has 0 radical (unpaired) electrons. The number of aliphatic carboxylic acids is 1. The van der Waals surface area contributed by atoms with Crippen LogP contribution in [0.15, 0.2) is 42.5 Å². The summed E-state index contributed by atoms with van der Waals surface area (Å²) in [4.78, 5) is 23.4. The first-order valence-corrected chi connectivity index (χ1v) is 6.87. The number of hydrogen-bond donors (Lipinski definition) is 1. The summed E-state index contributed by atoms with van der Waals surface area (Å²) >= 11 is 0. The number of carboxylic acids is 1. The van der Waals surface area contributed by atoms with Gasteiger partial charge >= 0.3 is 5.97 Å². The molecular formula is C17H16O3. The van der Waals surface area contributed by atoms with Crippen LogP contribution in [-0.4, -0.2) is 16.9 Å². The van der Waals surface area contributed by atoms with Gasteiger partial charge in [0.1, 0.15) is 5.78 Å². The number of carbonyl (C=O) groups is 2. The summed E-state index contributed by atoms with van der Waals surface area (Å²) in [7, 11) is 0. The molecule has 1 aliphatic carbocycles. The minimum atomic E-state index is -0.922. The smallest absolute Gasteiger partial charge is 0.314 e. The molecule has 0 atom stereocenters. The average molecular weight is 268 g/mol. The van der Waals surface area contributed by atoms with Crippen molar-refractivity contribution in [2.24, 2.45) is 0 Å². The molecule has 2 aromatic carbocycles. The lowest BCUT2D eigenvalue weighted by Crippen LogP contribution is -2.40. The van der Waals surface area contributed by atoms with Crippen LogP contribution in [0.3, 0.4) is 0 Å². The van der Waals surface area contributed by atoms with Crippen molar-refractivity contribution in [2.45, 2.75) is 31.1 Å². The van der Waals surface area contributed by atoms with Crippen LogP contribution >= 0.6 is 0 Å². The molecule has 3 rings (SSSR count). The highest BCUT2D eigenvalue weighted by Gasteiger charge is 2.43. The molecule has 0 amide bonds. The fourth-order valence-corrected chi connectivity index (χ4v) is 3.20. The standard InChI is InChI=1S/C17H16O3/c18-13-8-10-17(11-9-13,16(19)20)15-7-3-5-12-4-1-2-6-14(12)15/h1-7H,8-11H2,(H,19,20). The molecule has 1 aliphatic rings. The Bertz CT molecular complexity index is 672. The van der Waals surface area contributed by atoms with Gasteiger partial charge in [0, 0.05) is 12.8 Å². The van der Waals surface area contributed by atoms with Gasteiger partial charge in [0.15, 0.2) is 0 Å². The summed E-state index contributed by atoms with van der Waals surface area (Å²) in [6.07, 6.45) is 1.51. The van der Waals surface area contributed by atoms with Crippen LogP contribution in [0, 0.1) is 0 Å². The number of fused-ring (bicyclic) bond motifs is 1. The first-order valence-electron chi connectivity index (χ1n) is 6.87. The second-order valence-electron chi connectivity index (χ2n) is 5.45. The van der Waals surface area contributed by atoms with Gasteiger partial charge < -0.3 is 5.11 Å². The van der Waals surface area contributed by atoms with E-state index in [2.05, 4.69) is 0 Å². The minimum absolute atomic E-state index is 0.169. The minimum Gasteiger partial charge on any atom is -0.481 e. The van der Waals surface area contributed by atoms with Gasteiger partial charge in [0.05, 0.1) is 5.41 Å². The molecule has 1 saturated carbocycles.